The van der Waals surface area contributed by atoms with Gasteiger partial charge in [0.25, 0.3) is 0 Å². The van der Waals surface area contributed by atoms with Crippen LogP contribution in [0.4, 0.5) is 11.8 Å². The smallest absolute Gasteiger partial charge is 0.224 e. The first-order valence-electron chi connectivity index (χ1n) is 12.9. The molecule has 2 saturated carbocycles. The van der Waals surface area contributed by atoms with Crippen LogP contribution in [0, 0.1) is 25.7 Å². The Morgan fingerprint density at radius 3 is 2.56 bits per heavy atom. The molecule has 5 rings (SSSR count). The van der Waals surface area contributed by atoms with Crippen molar-refractivity contribution in [3.8, 4) is 10.6 Å². The summed E-state index contributed by atoms with van der Waals surface area (Å²) in [7, 11) is -3.15. The first kappa shape index (κ1) is 25.3. The zero-order chi connectivity index (χ0) is 25.7. The van der Waals surface area contributed by atoms with E-state index >= 15 is 0 Å². The Labute approximate surface area is 217 Å². The number of nitrogens with zero attached hydrogens (tertiary/aromatic N) is 4. The molecule has 0 spiro atoms. The molecule has 2 aliphatic rings. The van der Waals surface area contributed by atoms with Gasteiger partial charge in [0, 0.05) is 24.5 Å². The van der Waals surface area contributed by atoms with Gasteiger partial charge in [0.15, 0.2) is 9.84 Å². The molecule has 3 aromatic rings. The summed E-state index contributed by atoms with van der Waals surface area (Å²) in [6.07, 6.45) is 6.91. The normalized spacial score (nSPS) is 20.7. The number of hydrogen-bond donors (Lipinski definition) is 2. The van der Waals surface area contributed by atoms with Gasteiger partial charge in [-0.05, 0) is 77.7 Å². The lowest BCUT2D eigenvalue weighted by Crippen LogP contribution is -2.40. The quantitative estimate of drug-likeness (QED) is 0.381. The Hall–Kier alpha value is -2.33. The lowest BCUT2D eigenvalue weighted by Gasteiger charge is -2.31. The van der Waals surface area contributed by atoms with Gasteiger partial charge in [0.1, 0.15) is 16.3 Å². The van der Waals surface area contributed by atoms with Gasteiger partial charge in [0.05, 0.1) is 26.4 Å². The van der Waals surface area contributed by atoms with E-state index in [2.05, 4.69) is 15.6 Å². The fourth-order valence-electron chi connectivity index (χ4n) is 5.22. The van der Waals surface area contributed by atoms with Crippen LogP contribution in [0.25, 0.3) is 20.8 Å². The number of thiazole rings is 1. The maximum absolute atomic E-state index is 12.8. The molecule has 2 N–H and O–H groups in total. The number of rotatable bonds is 9. The summed E-state index contributed by atoms with van der Waals surface area (Å²) in [5.74, 6) is 2.39. The monoisotopic (exact) mass is 528 g/mol. The van der Waals surface area contributed by atoms with Crippen molar-refractivity contribution < 1.29 is 8.42 Å². The van der Waals surface area contributed by atoms with E-state index in [1.807, 2.05) is 40.0 Å². The maximum Gasteiger partial charge on any atom is 0.224 e. The second kappa shape index (κ2) is 9.52. The second-order valence-corrected chi connectivity index (χ2v) is 14.7. The van der Waals surface area contributed by atoms with E-state index in [0.717, 1.165) is 63.8 Å². The molecule has 2 aliphatic carbocycles. The van der Waals surface area contributed by atoms with Crippen molar-refractivity contribution in [2.75, 3.05) is 22.9 Å². The number of fused-ring (bicyclic) bond motifs is 1. The van der Waals surface area contributed by atoms with E-state index in [-0.39, 0.29) is 17.7 Å². The fraction of sp³-hybridized carbons (Fsp3) is 0.615. The predicted molar refractivity (Wildman–Crippen MR) is 147 cm³/mol. The van der Waals surface area contributed by atoms with Gasteiger partial charge in [-0.15, -0.1) is 11.3 Å². The zero-order valence-electron chi connectivity index (χ0n) is 21.8. The summed E-state index contributed by atoms with van der Waals surface area (Å²) in [4.78, 5) is 19.0. The molecule has 0 amide bonds. The summed E-state index contributed by atoms with van der Waals surface area (Å²) in [5, 5.41) is 7.98. The van der Waals surface area contributed by atoms with Crippen LogP contribution >= 0.6 is 11.3 Å². The molecule has 3 heterocycles. The number of sulfone groups is 1. The van der Waals surface area contributed by atoms with Crippen molar-refractivity contribution in [3.63, 3.8) is 0 Å². The third kappa shape index (κ3) is 4.81. The van der Waals surface area contributed by atoms with Crippen LogP contribution in [0.3, 0.4) is 0 Å². The Kier molecular flexibility index (Phi) is 6.70. The summed E-state index contributed by atoms with van der Waals surface area (Å²) < 4.78 is 25.9. The van der Waals surface area contributed by atoms with Crippen LogP contribution in [-0.2, 0) is 9.84 Å². The standard InChI is InChI=1S/C26H36N6O2S2/c1-6-36(33,34)26(4,5)18-9-10-19(13-18)30-23-21(15(2)29-25(32-23)28-14-17-7-8-17)24-31-22-16(3)27-12-11-20(22)35-24/h11-12,17-19H,6-10,13-14H2,1-5H3,(H2,28,29,30,32). The minimum Gasteiger partial charge on any atom is -0.367 e. The topological polar surface area (TPSA) is 110 Å². The van der Waals surface area contributed by atoms with Crippen molar-refractivity contribution in [1.29, 1.82) is 0 Å². The third-order valence-electron chi connectivity index (χ3n) is 7.98. The highest BCUT2D eigenvalue weighted by molar-refractivity contribution is 7.92. The summed E-state index contributed by atoms with van der Waals surface area (Å²) in [5.41, 5.74) is 3.60. The number of anilines is 2. The van der Waals surface area contributed by atoms with E-state index < -0.39 is 14.6 Å². The number of hydrogen-bond acceptors (Lipinski definition) is 9. The van der Waals surface area contributed by atoms with Gasteiger partial charge in [-0.3, -0.25) is 4.98 Å². The summed E-state index contributed by atoms with van der Waals surface area (Å²) in [6, 6.07) is 2.14. The van der Waals surface area contributed by atoms with Gasteiger partial charge >= 0.3 is 0 Å². The molecule has 2 unspecified atom stereocenters. The maximum atomic E-state index is 12.8. The molecule has 36 heavy (non-hydrogen) atoms. The van der Waals surface area contributed by atoms with Gasteiger partial charge in [0.2, 0.25) is 5.95 Å². The first-order valence-corrected chi connectivity index (χ1v) is 15.4. The fourth-order valence-corrected chi connectivity index (χ4v) is 7.80. The van der Waals surface area contributed by atoms with Crippen LogP contribution in [0.5, 0.6) is 0 Å². The molecule has 2 fully saturated rings. The highest BCUT2D eigenvalue weighted by Gasteiger charge is 2.44. The lowest BCUT2D eigenvalue weighted by atomic mass is 9.93. The van der Waals surface area contributed by atoms with Gasteiger partial charge < -0.3 is 10.6 Å². The van der Waals surface area contributed by atoms with E-state index in [9.17, 15) is 8.42 Å². The number of aromatic nitrogens is 4. The SMILES string of the molecule is CCS(=O)(=O)C(C)(C)C1CCC(Nc2nc(NCC3CC3)nc(C)c2-c2nc3c(C)nccc3s2)C1. The average Bonchev–Trinajstić information content (AvgIpc) is 3.36. The predicted octanol–water partition coefficient (Wildman–Crippen LogP) is 5.38. The number of pyridine rings is 1. The molecule has 0 saturated heterocycles. The Bertz CT molecular complexity index is 1380. The van der Waals surface area contributed by atoms with E-state index in [4.69, 9.17) is 15.0 Å². The third-order valence-corrected chi connectivity index (χ3v) is 11.7. The Morgan fingerprint density at radius 1 is 1.08 bits per heavy atom. The highest BCUT2D eigenvalue weighted by atomic mass is 32.2. The molecule has 8 nitrogen and oxygen atoms in total. The van der Waals surface area contributed by atoms with Crippen molar-refractivity contribution in [2.24, 2.45) is 11.8 Å². The van der Waals surface area contributed by atoms with E-state index in [1.165, 1.54) is 12.8 Å². The van der Waals surface area contributed by atoms with Gasteiger partial charge in [-0.2, -0.15) is 4.98 Å². The minimum atomic E-state index is -3.15. The van der Waals surface area contributed by atoms with Crippen molar-refractivity contribution in [3.05, 3.63) is 23.7 Å². The summed E-state index contributed by atoms with van der Waals surface area (Å²) in [6.45, 7) is 10.4. The van der Waals surface area contributed by atoms with Gasteiger partial charge in [-0.25, -0.2) is 18.4 Å². The molecule has 0 radical (unpaired) electrons. The van der Waals surface area contributed by atoms with E-state index in [0.29, 0.717) is 11.9 Å². The molecular weight excluding hydrogens is 492 g/mol. The van der Waals surface area contributed by atoms with Gasteiger partial charge in [-0.1, -0.05) is 6.92 Å². The van der Waals surface area contributed by atoms with Crippen molar-refractivity contribution >= 4 is 43.2 Å². The van der Waals surface area contributed by atoms with E-state index in [1.54, 1.807) is 18.3 Å². The highest BCUT2D eigenvalue weighted by Crippen LogP contribution is 2.42. The second-order valence-electron chi connectivity index (χ2n) is 10.8. The van der Waals surface area contributed by atoms with Crippen LogP contribution in [0.15, 0.2) is 12.3 Å². The van der Waals surface area contributed by atoms with Crippen LogP contribution < -0.4 is 10.6 Å². The largest absolute Gasteiger partial charge is 0.367 e. The first-order chi connectivity index (χ1) is 17.1. The molecule has 3 aromatic heterocycles. The lowest BCUT2D eigenvalue weighted by molar-refractivity contribution is 0.403. The number of aryl methyl sites for hydroxylation is 2. The molecular formula is C26H36N6O2S2. The van der Waals surface area contributed by atoms with Crippen LogP contribution in [0.1, 0.15) is 64.3 Å². The van der Waals surface area contributed by atoms with Crippen molar-refractivity contribution in [1.82, 2.24) is 19.9 Å². The van der Waals surface area contributed by atoms with Crippen molar-refractivity contribution in [2.45, 2.75) is 77.5 Å². The summed E-state index contributed by atoms with van der Waals surface area (Å²) >= 11 is 1.63. The van der Waals surface area contributed by atoms with Crippen LogP contribution in [0.2, 0.25) is 0 Å². The molecule has 0 aliphatic heterocycles. The molecule has 0 bridgehead atoms. The molecule has 0 aromatic carbocycles. The molecule has 194 valence electrons. The minimum absolute atomic E-state index is 0.106. The Balaban J connectivity index is 1.47. The zero-order valence-corrected chi connectivity index (χ0v) is 23.4. The molecule has 2 atom stereocenters. The average molecular weight is 529 g/mol. The Morgan fingerprint density at radius 2 is 1.86 bits per heavy atom. The number of nitrogens with one attached hydrogen (secondary N) is 2. The molecule has 10 heteroatoms. The van der Waals surface area contributed by atoms with Crippen LogP contribution in [-0.4, -0.2) is 51.4 Å².